The second-order valence-electron chi connectivity index (χ2n) is 8.53. The van der Waals surface area contributed by atoms with E-state index in [4.69, 9.17) is 0 Å². The molecule has 6 nitrogen and oxygen atoms in total. The highest BCUT2D eigenvalue weighted by molar-refractivity contribution is 7.90. The fraction of sp³-hybridized carbons (Fsp3) is 0.417. The highest BCUT2D eigenvalue weighted by Crippen LogP contribution is 2.24. The largest absolute Gasteiger partial charge is 0.322 e. The average Bonchev–Trinajstić information content (AvgIpc) is 2.69. The maximum absolute atomic E-state index is 12.8. The minimum absolute atomic E-state index is 0.141. The predicted octanol–water partition coefficient (Wildman–Crippen LogP) is 4.36. The molecule has 1 amide bonds. The molecule has 1 heterocycles. The van der Waals surface area contributed by atoms with Crippen molar-refractivity contribution >= 4 is 27.3 Å². The molecule has 1 aliphatic rings. The molecule has 0 radical (unpaired) electrons. The Morgan fingerprint density at radius 2 is 1.71 bits per heavy atom. The van der Waals surface area contributed by atoms with Crippen LogP contribution in [0.3, 0.4) is 0 Å². The summed E-state index contributed by atoms with van der Waals surface area (Å²) in [5.41, 5.74) is 4.51. The lowest BCUT2D eigenvalue weighted by molar-refractivity contribution is 0.102. The third-order valence-electron chi connectivity index (χ3n) is 5.94. The van der Waals surface area contributed by atoms with Crippen molar-refractivity contribution < 1.29 is 13.2 Å². The summed E-state index contributed by atoms with van der Waals surface area (Å²) in [6, 6.07) is 10.4. The van der Waals surface area contributed by atoms with Gasteiger partial charge in [0.15, 0.2) is 0 Å². The topological polar surface area (TPSA) is 78.8 Å². The van der Waals surface area contributed by atoms with E-state index in [1.807, 2.05) is 26.0 Å². The van der Waals surface area contributed by atoms with Crippen molar-refractivity contribution in [3.8, 4) is 0 Å². The highest BCUT2D eigenvalue weighted by atomic mass is 32.2. The summed E-state index contributed by atoms with van der Waals surface area (Å²) in [6.07, 6.45) is 1.84. The molecule has 0 atom stereocenters. The van der Waals surface area contributed by atoms with Gasteiger partial charge in [-0.05, 0) is 96.1 Å². The van der Waals surface area contributed by atoms with Crippen molar-refractivity contribution in [1.82, 2.24) is 4.90 Å². The fourth-order valence-corrected chi connectivity index (χ4v) is 5.14. The Balaban J connectivity index is 1.77. The van der Waals surface area contributed by atoms with Crippen LogP contribution < -0.4 is 5.32 Å². The predicted molar refractivity (Wildman–Crippen MR) is 126 cm³/mol. The van der Waals surface area contributed by atoms with Crippen LogP contribution in [-0.4, -0.2) is 45.1 Å². The van der Waals surface area contributed by atoms with Crippen LogP contribution in [0.1, 0.15) is 46.8 Å². The molecule has 0 unspecified atom stereocenters. The van der Waals surface area contributed by atoms with Crippen LogP contribution in [0.2, 0.25) is 0 Å². The minimum atomic E-state index is -3.79. The van der Waals surface area contributed by atoms with Gasteiger partial charge in [0.05, 0.1) is 4.90 Å². The molecule has 1 saturated heterocycles. The maximum atomic E-state index is 12.8. The number of sulfonamides is 1. The molecule has 0 aliphatic carbocycles. The number of hydrogen-bond donors (Lipinski definition) is 1. The summed E-state index contributed by atoms with van der Waals surface area (Å²) in [5, 5.41) is 2.89. The van der Waals surface area contributed by atoms with Gasteiger partial charge < -0.3 is 10.2 Å². The molecule has 1 N–H and O–H groups in total. The summed E-state index contributed by atoms with van der Waals surface area (Å²) in [7, 11) is -1.72. The SMILES string of the molecule is CC(=NS(=O)(=O)c1ccc(NC(=O)c2ccc(C)cc2C)c(C)c1)C1CCN(C)CC1. The first-order valence-electron chi connectivity index (χ1n) is 10.6. The molecule has 7 heteroatoms. The number of benzene rings is 2. The first kappa shape index (κ1) is 23.2. The molecule has 1 fully saturated rings. The van der Waals surface area contributed by atoms with Gasteiger partial charge in [0, 0.05) is 22.9 Å². The van der Waals surface area contributed by atoms with Gasteiger partial charge in [-0.1, -0.05) is 17.7 Å². The third kappa shape index (κ3) is 5.60. The molecular formula is C24H31N3O3S. The van der Waals surface area contributed by atoms with Crippen LogP contribution in [-0.2, 0) is 10.0 Å². The Hall–Kier alpha value is -2.51. The fourth-order valence-electron chi connectivity index (χ4n) is 3.94. The molecule has 0 aromatic heterocycles. The van der Waals surface area contributed by atoms with Gasteiger partial charge in [-0.3, -0.25) is 4.79 Å². The Morgan fingerprint density at radius 1 is 1.03 bits per heavy atom. The Kier molecular flexibility index (Phi) is 6.96. The quantitative estimate of drug-likeness (QED) is 0.700. The summed E-state index contributed by atoms with van der Waals surface area (Å²) in [6.45, 7) is 9.37. The van der Waals surface area contributed by atoms with Gasteiger partial charge in [0.2, 0.25) is 0 Å². The van der Waals surface area contributed by atoms with E-state index in [0.717, 1.165) is 37.1 Å². The molecule has 166 valence electrons. The van der Waals surface area contributed by atoms with E-state index < -0.39 is 10.0 Å². The van der Waals surface area contributed by atoms with Crippen LogP contribution in [0.5, 0.6) is 0 Å². The van der Waals surface area contributed by atoms with Gasteiger partial charge in [-0.25, -0.2) is 0 Å². The maximum Gasteiger partial charge on any atom is 0.282 e. The number of hydrogen-bond acceptors (Lipinski definition) is 4. The molecule has 1 aliphatic heterocycles. The van der Waals surface area contributed by atoms with E-state index in [1.54, 1.807) is 32.0 Å². The van der Waals surface area contributed by atoms with E-state index in [9.17, 15) is 13.2 Å². The number of nitrogens with one attached hydrogen (secondary N) is 1. The number of anilines is 1. The molecule has 0 bridgehead atoms. The van der Waals surface area contributed by atoms with Crippen LogP contribution in [0.4, 0.5) is 5.69 Å². The molecule has 31 heavy (non-hydrogen) atoms. The number of rotatable bonds is 5. The molecular weight excluding hydrogens is 410 g/mol. The normalized spacial score (nSPS) is 16.4. The van der Waals surface area contributed by atoms with Gasteiger partial charge in [0.1, 0.15) is 0 Å². The van der Waals surface area contributed by atoms with Gasteiger partial charge >= 0.3 is 0 Å². The zero-order chi connectivity index (χ0) is 22.8. The summed E-state index contributed by atoms with van der Waals surface area (Å²) in [5.74, 6) is -0.0179. The van der Waals surface area contributed by atoms with Crippen molar-refractivity contribution in [2.24, 2.45) is 10.3 Å². The lowest BCUT2D eigenvalue weighted by atomic mass is 9.93. The first-order valence-corrected chi connectivity index (χ1v) is 12.0. The van der Waals surface area contributed by atoms with Crippen LogP contribution in [0, 0.1) is 26.7 Å². The van der Waals surface area contributed by atoms with E-state index in [-0.39, 0.29) is 16.7 Å². The lowest BCUT2D eigenvalue weighted by Crippen LogP contribution is -2.33. The number of carbonyl (C=O) groups is 1. The molecule has 2 aromatic carbocycles. The minimum Gasteiger partial charge on any atom is -0.322 e. The number of piperidine rings is 1. The van der Waals surface area contributed by atoms with Crippen molar-refractivity contribution in [2.75, 3.05) is 25.5 Å². The lowest BCUT2D eigenvalue weighted by Gasteiger charge is -2.28. The smallest absolute Gasteiger partial charge is 0.282 e. The number of carbonyl (C=O) groups excluding carboxylic acids is 1. The Bertz CT molecular complexity index is 1110. The first-order chi connectivity index (χ1) is 14.6. The van der Waals surface area contributed by atoms with E-state index >= 15 is 0 Å². The van der Waals surface area contributed by atoms with Gasteiger partial charge in [0.25, 0.3) is 15.9 Å². The zero-order valence-electron chi connectivity index (χ0n) is 18.9. The van der Waals surface area contributed by atoms with Crippen molar-refractivity contribution in [3.63, 3.8) is 0 Å². The molecule has 0 saturated carbocycles. The van der Waals surface area contributed by atoms with E-state index in [0.29, 0.717) is 22.5 Å². The highest BCUT2D eigenvalue weighted by Gasteiger charge is 2.22. The Morgan fingerprint density at radius 3 is 2.32 bits per heavy atom. The number of nitrogens with zero attached hydrogens (tertiary/aromatic N) is 2. The standard InChI is InChI=1S/C24H31N3O3S/c1-16-6-8-22(17(2)14-16)24(28)25-23-9-7-21(15-18(23)3)31(29,30)26-19(4)20-10-12-27(5)13-11-20/h6-9,14-15,20H,10-13H2,1-5H3,(H,25,28). The number of amides is 1. The third-order valence-corrected chi connectivity index (χ3v) is 7.32. The van der Waals surface area contributed by atoms with Crippen LogP contribution in [0.25, 0.3) is 0 Å². The van der Waals surface area contributed by atoms with Crippen LogP contribution in [0.15, 0.2) is 45.7 Å². The molecule has 0 spiro atoms. The second kappa shape index (κ2) is 9.32. The average molecular weight is 442 g/mol. The van der Waals surface area contributed by atoms with Crippen molar-refractivity contribution in [3.05, 3.63) is 58.7 Å². The zero-order valence-corrected chi connectivity index (χ0v) is 19.7. The van der Waals surface area contributed by atoms with E-state index in [1.165, 1.54) is 6.07 Å². The van der Waals surface area contributed by atoms with Crippen LogP contribution >= 0.6 is 0 Å². The van der Waals surface area contributed by atoms with Gasteiger partial charge in [-0.2, -0.15) is 12.8 Å². The molecule has 3 rings (SSSR count). The van der Waals surface area contributed by atoms with Crippen molar-refractivity contribution in [2.45, 2.75) is 45.4 Å². The summed E-state index contributed by atoms with van der Waals surface area (Å²) >= 11 is 0. The second-order valence-corrected chi connectivity index (χ2v) is 10.1. The number of likely N-dealkylation sites (tertiary alicyclic amines) is 1. The van der Waals surface area contributed by atoms with Crippen molar-refractivity contribution in [1.29, 1.82) is 0 Å². The Labute approximate surface area is 185 Å². The van der Waals surface area contributed by atoms with E-state index in [2.05, 4.69) is 21.7 Å². The summed E-state index contributed by atoms with van der Waals surface area (Å²) < 4.78 is 29.8. The van der Waals surface area contributed by atoms with Gasteiger partial charge in [-0.15, -0.1) is 0 Å². The number of aryl methyl sites for hydroxylation is 3. The summed E-state index contributed by atoms with van der Waals surface area (Å²) in [4.78, 5) is 15.1. The molecule has 2 aromatic rings. The monoisotopic (exact) mass is 441 g/mol.